The van der Waals surface area contributed by atoms with E-state index < -0.39 is 23.2 Å². The summed E-state index contributed by atoms with van der Waals surface area (Å²) in [5.74, 6) is -0.792. The van der Waals surface area contributed by atoms with Gasteiger partial charge < -0.3 is 24.5 Å². The van der Waals surface area contributed by atoms with E-state index in [4.69, 9.17) is 16.3 Å². The number of anilines is 1. The fourth-order valence-corrected chi connectivity index (χ4v) is 5.66. The van der Waals surface area contributed by atoms with Gasteiger partial charge in [-0.2, -0.15) is 18.3 Å². The number of amides is 2. The molecule has 0 bridgehead atoms. The van der Waals surface area contributed by atoms with Crippen molar-refractivity contribution in [1.82, 2.24) is 29.5 Å². The molecule has 2 atom stereocenters. The Hall–Kier alpha value is -3.91. The second kappa shape index (κ2) is 14.5. The van der Waals surface area contributed by atoms with E-state index in [0.29, 0.717) is 38.3 Å². The number of ether oxygens (including phenoxy) is 1. The van der Waals surface area contributed by atoms with Crippen LogP contribution in [0.4, 0.5) is 19.0 Å². The van der Waals surface area contributed by atoms with Gasteiger partial charge in [-0.3, -0.25) is 14.3 Å². The summed E-state index contributed by atoms with van der Waals surface area (Å²) < 4.78 is 48.9. The Kier molecular flexibility index (Phi) is 10.9. The molecule has 1 N–H and O–H groups in total. The molecule has 0 radical (unpaired) electrons. The van der Waals surface area contributed by atoms with E-state index >= 15 is 0 Å². The van der Waals surface area contributed by atoms with Gasteiger partial charge in [0.1, 0.15) is 29.4 Å². The molecule has 244 valence electrons. The third kappa shape index (κ3) is 7.85. The fraction of sp³-hybridized carbons (Fsp3) is 0.500. The number of rotatable bonds is 12. The zero-order chi connectivity index (χ0) is 32.8. The minimum atomic E-state index is -5.24. The van der Waals surface area contributed by atoms with Crippen LogP contribution in [0.25, 0.3) is 0 Å². The first kappa shape index (κ1) is 34.0. The molecule has 4 rings (SSSR count). The van der Waals surface area contributed by atoms with Crippen molar-refractivity contribution in [1.29, 1.82) is 0 Å². The fourth-order valence-electron chi connectivity index (χ4n) is 5.43. The molecule has 45 heavy (non-hydrogen) atoms. The lowest BCUT2D eigenvalue weighted by Gasteiger charge is -2.35. The lowest BCUT2D eigenvalue weighted by Crippen LogP contribution is -2.55. The van der Waals surface area contributed by atoms with Gasteiger partial charge in [-0.15, -0.1) is 0 Å². The van der Waals surface area contributed by atoms with Crippen molar-refractivity contribution in [2.45, 2.75) is 44.0 Å². The first-order chi connectivity index (χ1) is 21.3. The van der Waals surface area contributed by atoms with Crippen molar-refractivity contribution >= 4 is 29.2 Å². The van der Waals surface area contributed by atoms with Gasteiger partial charge in [0.25, 0.3) is 17.4 Å². The molecule has 1 fully saturated rings. The van der Waals surface area contributed by atoms with Gasteiger partial charge in [0, 0.05) is 45.8 Å². The molecule has 2 aromatic heterocycles. The van der Waals surface area contributed by atoms with Gasteiger partial charge in [0.15, 0.2) is 0 Å². The largest absolute Gasteiger partial charge is 0.497 e. The average Bonchev–Trinajstić information content (AvgIpc) is 3.56. The molecule has 2 amide bonds. The van der Waals surface area contributed by atoms with Crippen LogP contribution in [0.3, 0.4) is 0 Å². The minimum absolute atomic E-state index is 0.0308. The van der Waals surface area contributed by atoms with E-state index in [-0.39, 0.29) is 34.8 Å². The smallest absolute Gasteiger partial charge is 0.430 e. The molecule has 1 saturated heterocycles. The number of halogens is 4. The Labute approximate surface area is 264 Å². The number of pyridine rings is 1. The molecule has 0 aliphatic carbocycles. The number of alkyl halides is 3. The molecule has 11 nitrogen and oxygen atoms in total. The number of methoxy groups -OCH3 is 1. The predicted octanol–water partition coefficient (Wildman–Crippen LogP) is 4.01. The zero-order valence-electron chi connectivity index (χ0n) is 25.4. The summed E-state index contributed by atoms with van der Waals surface area (Å²) in [6.45, 7) is 2.30. The Balaban J connectivity index is 1.32. The van der Waals surface area contributed by atoms with E-state index in [0.717, 1.165) is 36.4 Å². The highest BCUT2D eigenvalue weighted by molar-refractivity contribution is 6.32. The standard InChI is InChI=1S/C30H37ClF3N7O4/c1-38(15-16-41-20-35-19-36-41)27(42)24-11-12-25(37-26(24)31)40-14-6-8-21(18-40)7-5-13-39(2)28(43)29(44,30(32,33)34)22-9-4-10-23(17-22)45-3/h4,9-12,17,19-21,44H,5-8,13-16,18H2,1-3H3. The zero-order valence-corrected chi connectivity index (χ0v) is 26.1. The number of likely N-dealkylation sites (N-methyl/N-ethyl adjacent to an activating group) is 2. The summed E-state index contributed by atoms with van der Waals surface area (Å²) in [5, 5.41) is 14.9. The summed E-state index contributed by atoms with van der Waals surface area (Å²) in [5.41, 5.74) is -4.02. The number of piperidine rings is 1. The number of nitrogens with zero attached hydrogens (tertiary/aromatic N) is 7. The summed E-state index contributed by atoms with van der Waals surface area (Å²) >= 11 is 6.44. The van der Waals surface area contributed by atoms with E-state index in [9.17, 15) is 27.9 Å². The molecule has 1 aromatic carbocycles. The topological polar surface area (TPSA) is 117 Å². The number of carbonyl (C=O) groups is 2. The highest BCUT2D eigenvalue weighted by atomic mass is 35.5. The summed E-state index contributed by atoms with van der Waals surface area (Å²) in [6, 6.07) is 8.21. The molecule has 0 saturated carbocycles. The van der Waals surface area contributed by atoms with Crippen molar-refractivity contribution in [2.24, 2.45) is 5.92 Å². The van der Waals surface area contributed by atoms with Crippen molar-refractivity contribution in [2.75, 3.05) is 52.3 Å². The van der Waals surface area contributed by atoms with Crippen LogP contribution in [-0.4, -0.2) is 100 Å². The summed E-state index contributed by atoms with van der Waals surface area (Å²) in [6.07, 6.45) is 0.626. The van der Waals surface area contributed by atoms with Crippen molar-refractivity contribution in [3.63, 3.8) is 0 Å². The van der Waals surface area contributed by atoms with Gasteiger partial charge in [-0.25, -0.2) is 9.97 Å². The molecular weight excluding hydrogens is 615 g/mol. The van der Waals surface area contributed by atoms with Crippen LogP contribution >= 0.6 is 11.6 Å². The Morgan fingerprint density at radius 2 is 1.93 bits per heavy atom. The third-order valence-electron chi connectivity index (χ3n) is 8.05. The molecule has 1 aliphatic rings. The van der Waals surface area contributed by atoms with E-state index in [1.165, 1.54) is 37.5 Å². The lowest BCUT2D eigenvalue weighted by atomic mass is 9.90. The lowest BCUT2D eigenvalue weighted by molar-refractivity contribution is -0.261. The quantitative estimate of drug-likeness (QED) is 0.292. The second-order valence-corrected chi connectivity index (χ2v) is 11.5. The monoisotopic (exact) mass is 651 g/mol. The van der Waals surface area contributed by atoms with Crippen molar-refractivity contribution in [3.8, 4) is 5.75 Å². The molecule has 15 heteroatoms. The maximum absolute atomic E-state index is 14.1. The van der Waals surface area contributed by atoms with E-state index in [1.807, 2.05) is 0 Å². The van der Waals surface area contributed by atoms with Gasteiger partial charge in [0.05, 0.1) is 19.2 Å². The maximum Gasteiger partial charge on any atom is 0.430 e. The number of hydrogen-bond acceptors (Lipinski definition) is 8. The predicted molar refractivity (Wildman–Crippen MR) is 161 cm³/mol. The molecule has 3 heterocycles. The van der Waals surface area contributed by atoms with Crippen LogP contribution < -0.4 is 9.64 Å². The van der Waals surface area contributed by atoms with E-state index in [1.54, 1.807) is 30.2 Å². The highest BCUT2D eigenvalue weighted by Gasteiger charge is 2.61. The SMILES string of the molecule is COc1cccc(C(O)(C(=O)N(C)CCCC2CCCN(c3ccc(C(=O)N(C)CCn4cncn4)c(Cl)n3)C2)C(F)(F)F)c1. The number of aromatic nitrogens is 4. The second-order valence-electron chi connectivity index (χ2n) is 11.2. The first-order valence-corrected chi connectivity index (χ1v) is 14.9. The van der Waals surface area contributed by atoms with Crippen LogP contribution in [0.5, 0.6) is 5.75 Å². The van der Waals surface area contributed by atoms with Crippen LogP contribution in [-0.2, 0) is 16.9 Å². The highest BCUT2D eigenvalue weighted by Crippen LogP contribution is 2.41. The molecule has 1 aliphatic heterocycles. The first-order valence-electron chi connectivity index (χ1n) is 14.5. The van der Waals surface area contributed by atoms with Crippen LogP contribution in [0.15, 0.2) is 49.1 Å². The van der Waals surface area contributed by atoms with Crippen LogP contribution in [0.2, 0.25) is 5.15 Å². The minimum Gasteiger partial charge on any atom is -0.497 e. The molecule has 3 aromatic rings. The average molecular weight is 652 g/mol. The maximum atomic E-state index is 14.1. The van der Waals surface area contributed by atoms with Gasteiger partial charge in [0.2, 0.25) is 0 Å². The van der Waals surface area contributed by atoms with Gasteiger partial charge in [-0.1, -0.05) is 23.7 Å². The number of hydrogen-bond donors (Lipinski definition) is 1. The number of benzene rings is 1. The normalized spacial score (nSPS) is 16.6. The number of carbonyl (C=O) groups excluding carboxylic acids is 2. The summed E-state index contributed by atoms with van der Waals surface area (Å²) in [4.78, 5) is 38.9. The van der Waals surface area contributed by atoms with Crippen molar-refractivity contribution in [3.05, 3.63) is 65.3 Å². The van der Waals surface area contributed by atoms with Crippen LogP contribution in [0.1, 0.15) is 41.6 Å². The van der Waals surface area contributed by atoms with Gasteiger partial charge >= 0.3 is 6.18 Å². The Morgan fingerprint density at radius 1 is 1.16 bits per heavy atom. The molecular formula is C30H37ClF3N7O4. The van der Waals surface area contributed by atoms with Crippen molar-refractivity contribution < 1.29 is 32.6 Å². The van der Waals surface area contributed by atoms with Crippen LogP contribution in [0, 0.1) is 5.92 Å². The number of aliphatic hydroxyl groups is 1. The summed E-state index contributed by atoms with van der Waals surface area (Å²) in [7, 11) is 4.22. The Bertz CT molecular complexity index is 1460. The Morgan fingerprint density at radius 3 is 2.60 bits per heavy atom. The van der Waals surface area contributed by atoms with Gasteiger partial charge in [-0.05, 0) is 55.9 Å². The molecule has 0 spiro atoms. The third-order valence-corrected chi connectivity index (χ3v) is 8.33. The molecule has 2 unspecified atom stereocenters. The van der Waals surface area contributed by atoms with E-state index in [2.05, 4.69) is 20.0 Å².